The maximum atomic E-state index is 12.5. The van der Waals surface area contributed by atoms with Gasteiger partial charge in [0, 0.05) is 24.2 Å². The van der Waals surface area contributed by atoms with Gasteiger partial charge in [0.25, 0.3) is 0 Å². The number of allylic oxidation sites excluding steroid dienone is 1. The quantitative estimate of drug-likeness (QED) is 0.629. The van der Waals surface area contributed by atoms with Crippen LogP contribution in [0.4, 0.5) is 0 Å². The van der Waals surface area contributed by atoms with Crippen molar-refractivity contribution in [2.75, 3.05) is 0 Å². The third-order valence-electron chi connectivity index (χ3n) is 9.09. The molecule has 0 saturated heterocycles. The van der Waals surface area contributed by atoms with Crippen LogP contribution >= 0.6 is 0 Å². The zero-order valence-corrected chi connectivity index (χ0v) is 14.4. The second-order valence-electron chi connectivity index (χ2n) is 9.69. The summed E-state index contributed by atoms with van der Waals surface area (Å²) >= 11 is 0. The number of Topliss-reactive ketones (excluding diaryl/α,β-unsaturated/α-hetero) is 2. The van der Waals surface area contributed by atoms with Crippen molar-refractivity contribution in [1.82, 2.24) is 0 Å². The van der Waals surface area contributed by atoms with Crippen LogP contribution in [0.3, 0.4) is 0 Å². The summed E-state index contributed by atoms with van der Waals surface area (Å²) in [6, 6.07) is 0. The molecule has 124 valence electrons. The number of fused-ring (bicyclic) bond motifs is 7. The third-order valence-corrected chi connectivity index (χ3v) is 9.09. The van der Waals surface area contributed by atoms with Gasteiger partial charge in [0.1, 0.15) is 11.6 Å². The van der Waals surface area contributed by atoms with E-state index in [1.807, 2.05) is 0 Å². The summed E-state index contributed by atoms with van der Waals surface area (Å²) in [6.45, 7) is 9.16. The Morgan fingerprint density at radius 3 is 2.61 bits per heavy atom. The summed E-state index contributed by atoms with van der Waals surface area (Å²) in [4.78, 5) is 24.8. The van der Waals surface area contributed by atoms with E-state index in [9.17, 15) is 9.59 Å². The molecule has 0 bridgehead atoms. The fourth-order valence-electron chi connectivity index (χ4n) is 7.75. The van der Waals surface area contributed by atoms with Gasteiger partial charge in [-0.1, -0.05) is 26.0 Å². The van der Waals surface area contributed by atoms with Gasteiger partial charge in [0.15, 0.2) is 0 Å². The first-order chi connectivity index (χ1) is 10.9. The Hall–Kier alpha value is -0.920. The van der Waals surface area contributed by atoms with E-state index in [4.69, 9.17) is 0 Å². The normalized spacial score (nSPS) is 57.4. The van der Waals surface area contributed by atoms with Gasteiger partial charge in [-0.25, -0.2) is 0 Å². The average Bonchev–Trinajstić information content (AvgIpc) is 3.26. The minimum absolute atomic E-state index is 0.0575. The minimum Gasteiger partial charge on any atom is -0.299 e. The standard InChI is InChI=1S/C21H28O2/c1-11-8-12-14-4-5-19(23)20(14,2)7-6-15(12)21(3)16(11)10-18(22)13-9-17(13)21/h12-17H,1,4-10H2,2-3H3/t12-,13-,14-,15-,16?,17+,20-,21+/m0/s1. The number of rotatable bonds is 0. The molecule has 5 aliphatic rings. The molecule has 0 heterocycles. The average molecular weight is 312 g/mol. The van der Waals surface area contributed by atoms with Gasteiger partial charge in [0.2, 0.25) is 0 Å². The largest absolute Gasteiger partial charge is 0.299 e. The van der Waals surface area contributed by atoms with Crippen molar-refractivity contribution in [2.45, 2.75) is 58.8 Å². The molecule has 5 aliphatic carbocycles. The molecule has 5 rings (SSSR count). The Morgan fingerprint density at radius 2 is 1.83 bits per heavy atom. The Kier molecular flexibility index (Phi) is 2.62. The summed E-state index contributed by atoms with van der Waals surface area (Å²) in [5.41, 5.74) is 1.56. The van der Waals surface area contributed by atoms with Crippen LogP contribution in [0, 0.1) is 46.3 Å². The molecule has 2 heteroatoms. The first-order valence-electron chi connectivity index (χ1n) is 9.61. The van der Waals surface area contributed by atoms with E-state index in [-0.39, 0.29) is 10.8 Å². The smallest absolute Gasteiger partial charge is 0.139 e. The van der Waals surface area contributed by atoms with Crippen LogP contribution in [-0.4, -0.2) is 11.6 Å². The maximum Gasteiger partial charge on any atom is 0.139 e. The van der Waals surface area contributed by atoms with Crippen molar-refractivity contribution in [2.24, 2.45) is 46.3 Å². The Labute approximate surface area is 139 Å². The summed E-state index contributed by atoms with van der Waals surface area (Å²) in [5.74, 6) is 4.34. The topological polar surface area (TPSA) is 34.1 Å². The van der Waals surface area contributed by atoms with Gasteiger partial charge < -0.3 is 0 Å². The van der Waals surface area contributed by atoms with Crippen LogP contribution in [0.5, 0.6) is 0 Å². The Balaban J connectivity index is 1.56. The molecular formula is C21H28O2. The second kappa shape index (κ2) is 4.18. The van der Waals surface area contributed by atoms with Crippen molar-refractivity contribution < 1.29 is 9.59 Å². The van der Waals surface area contributed by atoms with Gasteiger partial charge in [-0.15, -0.1) is 0 Å². The molecule has 0 spiro atoms. The highest BCUT2D eigenvalue weighted by atomic mass is 16.1. The summed E-state index contributed by atoms with van der Waals surface area (Å²) in [7, 11) is 0. The minimum atomic E-state index is -0.0575. The maximum absolute atomic E-state index is 12.5. The van der Waals surface area contributed by atoms with Crippen molar-refractivity contribution in [3.63, 3.8) is 0 Å². The lowest BCUT2D eigenvalue weighted by Gasteiger charge is -2.60. The lowest BCUT2D eigenvalue weighted by atomic mass is 9.44. The van der Waals surface area contributed by atoms with E-state index in [2.05, 4.69) is 20.4 Å². The Bertz CT molecular complexity index is 634. The predicted octanol–water partition coefficient (Wildman–Crippen LogP) is 4.19. The monoisotopic (exact) mass is 312 g/mol. The van der Waals surface area contributed by atoms with E-state index < -0.39 is 0 Å². The number of hydrogen-bond acceptors (Lipinski definition) is 2. The van der Waals surface area contributed by atoms with Crippen LogP contribution in [-0.2, 0) is 9.59 Å². The zero-order chi connectivity index (χ0) is 16.1. The van der Waals surface area contributed by atoms with Crippen LogP contribution in [0.15, 0.2) is 12.2 Å². The van der Waals surface area contributed by atoms with Crippen LogP contribution < -0.4 is 0 Å². The number of hydrogen-bond donors (Lipinski definition) is 0. The Morgan fingerprint density at radius 1 is 1.04 bits per heavy atom. The highest BCUT2D eigenvalue weighted by Crippen LogP contribution is 2.72. The van der Waals surface area contributed by atoms with Crippen molar-refractivity contribution in [1.29, 1.82) is 0 Å². The molecule has 0 aliphatic heterocycles. The van der Waals surface area contributed by atoms with Gasteiger partial charge in [-0.2, -0.15) is 0 Å². The van der Waals surface area contributed by atoms with E-state index in [0.29, 0.717) is 47.1 Å². The zero-order valence-electron chi connectivity index (χ0n) is 14.4. The summed E-state index contributed by atoms with van der Waals surface area (Å²) < 4.78 is 0. The molecule has 5 saturated carbocycles. The molecule has 0 aromatic carbocycles. The molecule has 0 radical (unpaired) electrons. The van der Waals surface area contributed by atoms with Gasteiger partial charge >= 0.3 is 0 Å². The first-order valence-corrected chi connectivity index (χ1v) is 9.61. The molecule has 8 atom stereocenters. The van der Waals surface area contributed by atoms with Gasteiger partial charge in [-0.3, -0.25) is 9.59 Å². The van der Waals surface area contributed by atoms with E-state index in [1.165, 1.54) is 12.0 Å². The fraction of sp³-hybridized carbons (Fsp3) is 0.810. The molecule has 5 fully saturated rings. The summed E-state index contributed by atoms with van der Waals surface area (Å²) in [6.07, 6.45) is 7.12. The van der Waals surface area contributed by atoms with E-state index in [0.717, 1.165) is 38.5 Å². The fourth-order valence-corrected chi connectivity index (χ4v) is 7.75. The van der Waals surface area contributed by atoms with Crippen LogP contribution in [0.1, 0.15) is 58.8 Å². The van der Waals surface area contributed by atoms with Crippen molar-refractivity contribution in [3.8, 4) is 0 Å². The molecule has 0 amide bonds. The number of carbonyl (C=O) groups excluding carboxylic acids is 2. The summed E-state index contributed by atoms with van der Waals surface area (Å²) in [5, 5.41) is 0. The molecule has 0 N–H and O–H groups in total. The number of carbonyl (C=O) groups is 2. The predicted molar refractivity (Wildman–Crippen MR) is 88.6 cm³/mol. The number of ketones is 2. The SMILES string of the molecule is C=C1C[C@@H]2[C@H](CC[C@]3(C)C(=O)CC[C@@H]23)[C@]2(C)C1CC(=O)[C@H]1C[C@H]12. The van der Waals surface area contributed by atoms with Crippen molar-refractivity contribution in [3.05, 3.63) is 12.2 Å². The molecular weight excluding hydrogens is 284 g/mol. The highest BCUT2D eigenvalue weighted by molar-refractivity contribution is 5.87. The molecule has 23 heavy (non-hydrogen) atoms. The molecule has 0 aromatic rings. The van der Waals surface area contributed by atoms with Crippen LogP contribution in [0.2, 0.25) is 0 Å². The van der Waals surface area contributed by atoms with E-state index in [1.54, 1.807) is 0 Å². The second-order valence-corrected chi connectivity index (χ2v) is 9.69. The lowest BCUT2D eigenvalue weighted by molar-refractivity contribution is -0.140. The van der Waals surface area contributed by atoms with Gasteiger partial charge in [-0.05, 0) is 67.1 Å². The third kappa shape index (κ3) is 1.56. The van der Waals surface area contributed by atoms with E-state index >= 15 is 0 Å². The first kappa shape index (κ1) is 14.4. The van der Waals surface area contributed by atoms with Gasteiger partial charge in [0.05, 0.1) is 0 Å². The highest BCUT2D eigenvalue weighted by Gasteiger charge is 2.68. The van der Waals surface area contributed by atoms with Crippen molar-refractivity contribution >= 4 is 11.6 Å². The molecule has 1 unspecified atom stereocenters. The molecule has 2 nitrogen and oxygen atoms in total. The van der Waals surface area contributed by atoms with Crippen LogP contribution in [0.25, 0.3) is 0 Å². The molecule has 0 aromatic heterocycles. The lowest BCUT2D eigenvalue weighted by Crippen LogP contribution is -2.55.